The molecule has 2 aromatic carbocycles. The van der Waals surface area contributed by atoms with Crippen molar-refractivity contribution >= 4 is 17.7 Å². The Morgan fingerprint density at radius 2 is 1.76 bits per heavy atom. The summed E-state index contributed by atoms with van der Waals surface area (Å²) in [6, 6.07) is 14.9. The van der Waals surface area contributed by atoms with Crippen molar-refractivity contribution in [3.63, 3.8) is 0 Å². The molecule has 4 atom stereocenters. The predicted octanol–water partition coefficient (Wildman–Crippen LogP) is 2.47. The monoisotopic (exact) mass is 574 g/mol. The molecule has 3 amide bonds. The van der Waals surface area contributed by atoms with Gasteiger partial charge in [0.1, 0.15) is 11.8 Å². The number of likely N-dealkylation sites (tertiary alicyclic amines) is 1. The molecule has 2 fully saturated rings. The van der Waals surface area contributed by atoms with Gasteiger partial charge in [-0.05, 0) is 61.8 Å². The number of allylic oxidation sites excluding steroid dienone is 2. The summed E-state index contributed by atoms with van der Waals surface area (Å²) in [5.41, 5.74) is 7.60. The fraction of sp³-hybridized carbons (Fsp3) is 0.485. The number of phenols is 1. The molecule has 2 aromatic rings. The molecule has 0 radical (unpaired) electrons. The van der Waals surface area contributed by atoms with E-state index in [9.17, 15) is 19.5 Å². The van der Waals surface area contributed by atoms with Crippen LogP contribution >= 0.6 is 0 Å². The van der Waals surface area contributed by atoms with Crippen molar-refractivity contribution < 1.29 is 24.2 Å². The molecule has 9 heteroatoms. The van der Waals surface area contributed by atoms with Gasteiger partial charge in [-0.1, -0.05) is 54.6 Å². The third kappa shape index (κ3) is 7.20. The lowest BCUT2D eigenvalue weighted by atomic mass is 9.75. The molecule has 1 spiro atoms. The highest BCUT2D eigenvalue weighted by atomic mass is 16.5. The SMILES string of the molecule is N[C@@H](Cc1ccc(O)cc1)C(=O)N1CC[C@@H]2NC(=O)[C@@H](Cc3ccccc3)NC(=O)C3(C/C=C/C[C@H]2C1)CCOCC3. The van der Waals surface area contributed by atoms with E-state index in [0.717, 1.165) is 11.1 Å². The fourth-order valence-corrected chi connectivity index (χ4v) is 6.39. The molecule has 224 valence electrons. The Morgan fingerprint density at radius 3 is 2.50 bits per heavy atom. The number of fused-ring (bicyclic) bond motifs is 1. The van der Waals surface area contributed by atoms with Crippen LogP contribution in [0.1, 0.15) is 43.2 Å². The van der Waals surface area contributed by atoms with E-state index in [0.29, 0.717) is 71.2 Å². The Kier molecular flexibility index (Phi) is 9.59. The molecule has 9 nitrogen and oxygen atoms in total. The summed E-state index contributed by atoms with van der Waals surface area (Å²) in [4.78, 5) is 42.7. The topological polar surface area (TPSA) is 134 Å². The van der Waals surface area contributed by atoms with Crippen LogP contribution in [0.3, 0.4) is 0 Å². The summed E-state index contributed by atoms with van der Waals surface area (Å²) in [6.45, 7) is 2.02. The van der Waals surface area contributed by atoms with Crippen LogP contribution in [0.4, 0.5) is 0 Å². The minimum absolute atomic E-state index is 0.0157. The zero-order valence-electron chi connectivity index (χ0n) is 24.0. The van der Waals surface area contributed by atoms with Crippen LogP contribution in [-0.2, 0) is 32.0 Å². The average Bonchev–Trinajstić information content (AvgIpc) is 3.00. The van der Waals surface area contributed by atoms with Crippen molar-refractivity contribution in [2.45, 2.75) is 63.1 Å². The zero-order chi connectivity index (χ0) is 29.5. The first-order valence-electron chi connectivity index (χ1n) is 15.0. The molecular formula is C33H42N4O5. The van der Waals surface area contributed by atoms with E-state index in [4.69, 9.17) is 10.5 Å². The molecule has 3 aliphatic rings. The van der Waals surface area contributed by atoms with Gasteiger partial charge in [-0.25, -0.2) is 0 Å². The van der Waals surface area contributed by atoms with Crippen LogP contribution in [-0.4, -0.2) is 72.2 Å². The van der Waals surface area contributed by atoms with E-state index in [-0.39, 0.29) is 35.4 Å². The molecule has 0 bridgehead atoms. The van der Waals surface area contributed by atoms with E-state index < -0.39 is 17.5 Å². The molecule has 3 heterocycles. The smallest absolute Gasteiger partial charge is 0.243 e. The number of rotatable bonds is 5. The Bertz CT molecular complexity index is 1260. The number of nitrogens with two attached hydrogens (primary N) is 1. The number of carbonyl (C=O) groups is 3. The summed E-state index contributed by atoms with van der Waals surface area (Å²) >= 11 is 0. The molecule has 3 aliphatic heterocycles. The van der Waals surface area contributed by atoms with Crippen LogP contribution in [0.25, 0.3) is 0 Å². The number of aromatic hydroxyl groups is 1. The third-order valence-electron chi connectivity index (χ3n) is 9.03. The number of nitrogens with zero attached hydrogens (tertiary/aromatic N) is 1. The van der Waals surface area contributed by atoms with Gasteiger partial charge < -0.3 is 31.1 Å². The summed E-state index contributed by atoms with van der Waals surface area (Å²) in [5.74, 6) is -0.212. The van der Waals surface area contributed by atoms with E-state index in [1.807, 2.05) is 35.2 Å². The zero-order valence-corrected chi connectivity index (χ0v) is 24.0. The lowest BCUT2D eigenvalue weighted by molar-refractivity contribution is -0.140. The van der Waals surface area contributed by atoms with Gasteiger partial charge in [-0.2, -0.15) is 0 Å². The Hall–Kier alpha value is -3.69. The Morgan fingerprint density at radius 1 is 1.02 bits per heavy atom. The van der Waals surface area contributed by atoms with Crippen LogP contribution < -0.4 is 16.4 Å². The van der Waals surface area contributed by atoms with Crippen molar-refractivity contribution in [3.8, 4) is 5.75 Å². The summed E-state index contributed by atoms with van der Waals surface area (Å²) in [5, 5.41) is 15.9. The summed E-state index contributed by atoms with van der Waals surface area (Å²) in [7, 11) is 0. The van der Waals surface area contributed by atoms with E-state index in [1.54, 1.807) is 24.3 Å². The molecule has 5 N–H and O–H groups in total. The Labute approximate surface area is 247 Å². The van der Waals surface area contributed by atoms with E-state index in [2.05, 4.69) is 22.8 Å². The molecule has 2 saturated heterocycles. The number of phenolic OH excluding ortho intramolecular Hbond substituents is 1. The molecule has 0 unspecified atom stereocenters. The van der Waals surface area contributed by atoms with Crippen molar-refractivity contribution in [2.24, 2.45) is 17.1 Å². The number of hydrogen-bond donors (Lipinski definition) is 4. The van der Waals surface area contributed by atoms with Gasteiger partial charge in [0.2, 0.25) is 17.7 Å². The second-order valence-corrected chi connectivity index (χ2v) is 11.9. The molecule has 0 aliphatic carbocycles. The van der Waals surface area contributed by atoms with Crippen LogP contribution in [0.15, 0.2) is 66.7 Å². The van der Waals surface area contributed by atoms with Gasteiger partial charge in [0.25, 0.3) is 0 Å². The largest absolute Gasteiger partial charge is 0.508 e. The number of hydrogen-bond acceptors (Lipinski definition) is 6. The minimum Gasteiger partial charge on any atom is -0.508 e. The summed E-state index contributed by atoms with van der Waals surface area (Å²) < 4.78 is 5.59. The van der Waals surface area contributed by atoms with Gasteiger partial charge in [-0.15, -0.1) is 0 Å². The van der Waals surface area contributed by atoms with Crippen molar-refractivity contribution in [1.82, 2.24) is 15.5 Å². The molecule has 5 rings (SSSR count). The Balaban J connectivity index is 1.33. The van der Waals surface area contributed by atoms with Crippen LogP contribution in [0, 0.1) is 11.3 Å². The third-order valence-corrected chi connectivity index (χ3v) is 9.03. The van der Waals surface area contributed by atoms with Crippen molar-refractivity contribution in [1.29, 1.82) is 0 Å². The van der Waals surface area contributed by atoms with E-state index in [1.165, 1.54) is 0 Å². The standard InChI is InChI=1S/C33H42N4O5/c34-27(20-24-9-11-26(38)12-10-24)31(40)37-17-13-28-25(22-37)8-4-5-14-33(15-18-42-19-16-33)32(41)36-29(30(39)35-28)21-23-6-2-1-3-7-23/h1-7,9-12,25,27-29,38H,8,13-22,34H2,(H,35,39)(H,36,41)/b5-4+/t25-,27-,28-,29+/m0/s1. The molecule has 0 saturated carbocycles. The number of benzene rings is 2. The maximum Gasteiger partial charge on any atom is 0.243 e. The number of ether oxygens (including phenoxy) is 1. The highest BCUT2D eigenvalue weighted by molar-refractivity contribution is 5.90. The first-order chi connectivity index (χ1) is 20.3. The highest BCUT2D eigenvalue weighted by Crippen LogP contribution is 2.36. The van der Waals surface area contributed by atoms with Gasteiger partial charge >= 0.3 is 0 Å². The first kappa shape index (κ1) is 29.8. The fourth-order valence-electron chi connectivity index (χ4n) is 6.39. The van der Waals surface area contributed by atoms with Gasteiger partial charge in [0, 0.05) is 44.7 Å². The van der Waals surface area contributed by atoms with Crippen molar-refractivity contribution in [2.75, 3.05) is 26.3 Å². The van der Waals surface area contributed by atoms with Gasteiger partial charge in [0.05, 0.1) is 11.5 Å². The maximum absolute atomic E-state index is 13.8. The maximum atomic E-state index is 13.8. The number of carbonyl (C=O) groups excluding carboxylic acids is 3. The molecular weight excluding hydrogens is 532 g/mol. The molecule has 42 heavy (non-hydrogen) atoms. The minimum atomic E-state index is -0.706. The quantitative estimate of drug-likeness (QED) is 0.406. The predicted molar refractivity (Wildman–Crippen MR) is 159 cm³/mol. The van der Waals surface area contributed by atoms with Crippen molar-refractivity contribution in [3.05, 3.63) is 77.9 Å². The highest BCUT2D eigenvalue weighted by Gasteiger charge is 2.42. The second-order valence-electron chi connectivity index (χ2n) is 11.9. The number of piperidine rings is 1. The van der Waals surface area contributed by atoms with Gasteiger partial charge in [0.15, 0.2) is 0 Å². The van der Waals surface area contributed by atoms with Gasteiger partial charge in [-0.3, -0.25) is 14.4 Å². The van der Waals surface area contributed by atoms with Crippen LogP contribution in [0.2, 0.25) is 0 Å². The lowest BCUT2D eigenvalue weighted by Gasteiger charge is -2.41. The van der Waals surface area contributed by atoms with Crippen LogP contribution in [0.5, 0.6) is 5.75 Å². The normalized spacial score (nSPS) is 26.1. The average molecular weight is 575 g/mol. The number of amides is 3. The van der Waals surface area contributed by atoms with E-state index >= 15 is 0 Å². The number of nitrogens with one attached hydrogen (secondary N) is 2. The molecule has 0 aromatic heterocycles. The lowest BCUT2D eigenvalue weighted by Crippen LogP contribution is -2.59. The second kappa shape index (κ2) is 13.5. The first-order valence-corrected chi connectivity index (χ1v) is 15.0. The summed E-state index contributed by atoms with van der Waals surface area (Å²) in [6.07, 6.45) is 8.05.